The van der Waals surface area contributed by atoms with E-state index in [2.05, 4.69) is 241 Å². The van der Waals surface area contributed by atoms with E-state index in [1.165, 1.54) is 44.8 Å². The van der Waals surface area contributed by atoms with Crippen molar-refractivity contribution in [1.82, 2.24) is 14.1 Å². The molecule has 3 heterocycles. The molecule has 0 radical (unpaired) electrons. The van der Waals surface area contributed by atoms with Gasteiger partial charge in [0.15, 0.2) is 0 Å². The standard InChI is InChI=1S/C62H72N4O.Pt/c1-18-41-30-51(39(2)3)56(52(31-41)40(4)5)42-22-21-23-45(32-42)64-38-65(58(62(15,16)17)57(64)61(12,13)14)46-33-44(60(9,10)11)34-48(36-46)67-47-26-27-50-49-24-19-20-25-53(49)66(54(50)37-47)55-35-43(28-29-63-55)59(6,7)8;/h19-35,39-40H,18H2,1-17H3;/q-2;. The molecule has 0 spiro atoms. The van der Waals surface area contributed by atoms with Crippen molar-refractivity contribution >= 4 is 21.8 Å². The Bertz CT molecular complexity index is 3100. The topological polar surface area (TPSA) is 35.9 Å². The van der Waals surface area contributed by atoms with Gasteiger partial charge < -0.3 is 13.9 Å². The van der Waals surface area contributed by atoms with Gasteiger partial charge in [-0.1, -0.05) is 166 Å². The summed E-state index contributed by atoms with van der Waals surface area (Å²) in [5, 5.41) is 2.24. The molecule has 0 saturated heterocycles. The van der Waals surface area contributed by atoms with Crippen LogP contribution >= 0.6 is 0 Å². The third-order valence-corrected chi connectivity index (χ3v) is 13.2. The van der Waals surface area contributed by atoms with E-state index in [-0.39, 0.29) is 42.7 Å². The van der Waals surface area contributed by atoms with Crippen molar-refractivity contribution in [2.24, 2.45) is 0 Å². The minimum atomic E-state index is -0.259. The number of ether oxygens (including phenoxy) is 1. The number of hydrogen-bond acceptors (Lipinski definition) is 2. The van der Waals surface area contributed by atoms with E-state index in [1.54, 1.807) is 0 Å². The third kappa shape index (κ3) is 9.80. The molecule has 3 aromatic heterocycles. The van der Waals surface area contributed by atoms with Crippen molar-refractivity contribution in [3.8, 4) is 39.8 Å². The van der Waals surface area contributed by atoms with Crippen LogP contribution in [0.25, 0.3) is 50.1 Å². The number of hydrogen-bond donors (Lipinski definition) is 0. The van der Waals surface area contributed by atoms with Crippen molar-refractivity contribution in [2.75, 3.05) is 0 Å². The predicted molar refractivity (Wildman–Crippen MR) is 280 cm³/mol. The molecular weight excluding hydrogens is 1010 g/mol. The van der Waals surface area contributed by atoms with Crippen LogP contribution in [0.1, 0.15) is 169 Å². The largest absolute Gasteiger partial charge is 0.510 e. The first-order valence-corrected chi connectivity index (χ1v) is 24.4. The number of para-hydroxylation sites is 1. The number of benzene rings is 5. The van der Waals surface area contributed by atoms with E-state index in [4.69, 9.17) is 9.72 Å². The Morgan fingerprint density at radius 3 is 1.90 bits per heavy atom. The fourth-order valence-corrected chi connectivity index (χ4v) is 9.59. The summed E-state index contributed by atoms with van der Waals surface area (Å²) in [6.07, 6.45) is 6.88. The zero-order valence-corrected chi connectivity index (χ0v) is 46.0. The zero-order valence-electron chi connectivity index (χ0n) is 43.7. The molecule has 8 rings (SSSR count). The van der Waals surface area contributed by atoms with Gasteiger partial charge >= 0.3 is 0 Å². The maximum Gasteiger partial charge on any atom is 0.267 e. The van der Waals surface area contributed by atoms with Gasteiger partial charge in [0.1, 0.15) is 5.82 Å². The Hall–Kier alpha value is -5.25. The Labute approximate surface area is 422 Å². The second kappa shape index (κ2) is 18.6. The molecule has 358 valence electrons. The van der Waals surface area contributed by atoms with Crippen LogP contribution in [0.3, 0.4) is 0 Å². The van der Waals surface area contributed by atoms with E-state index in [0.717, 1.165) is 51.0 Å². The molecule has 6 heteroatoms. The molecule has 0 bridgehead atoms. The van der Waals surface area contributed by atoms with Crippen molar-refractivity contribution < 1.29 is 30.4 Å². The van der Waals surface area contributed by atoms with Crippen LogP contribution in [0.4, 0.5) is 0 Å². The molecule has 68 heavy (non-hydrogen) atoms. The maximum atomic E-state index is 6.93. The van der Waals surface area contributed by atoms with Gasteiger partial charge in [0.05, 0.1) is 17.1 Å². The molecular formula is C62H72N4OPt-2. The van der Waals surface area contributed by atoms with Crippen LogP contribution in [0.15, 0.2) is 103 Å². The first-order valence-electron chi connectivity index (χ1n) is 24.4. The SMILES string of the molecule is CCc1cc(C(C)C)c(-c2cccc(-[n+]3[c-]n(-c4[c-]c(Oc5[c-]c6c(cc5)c5ccccc5n6-c5cc(C(C)(C)C)ccn5)cc(C(C)(C)C)c4)c(C(C)(C)C)c3C(C)(C)C)c2)c(C(C)C)c1.[Pt]. The van der Waals surface area contributed by atoms with Crippen molar-refractivity contribution in [3.63, 3.8) is 0 Å². The van der Waals surface area contributed by atoms with Gasteiger partial charge in [-0.05, 0) is 115 Å². The number of pyridine rings is 1. The average molecular weight is 1080 g/mol. The molecule has 0 atom stereocenters. The summed E-state index contributed by atoms with van der Waals surface area (Å²) >= 11 is 0. The van der Waals surface area contributed by atoms with Crippen molar-refractivity contribution in [3.05, 3.63) is 161 Å². The van der Waals surface area contributed by atoms with Crippen LogP contribution in [0.5, 0.6) is 11.5 Å². The van der Waals surface area contributed by atoms with Gasteiger partial charge in [-0.3, -0.25) is 4.57 Å². The fraction of sp³-hybridized carbons (Fsp3) is 0.387. The van der Waals surface area contributed by atoms with Crippen LogP contribution in [-0.4, -0.2) is 14.1 Å². The van der Waals surface area contributed by atoms with E-state index >= 15 is 0 Å². The summed E-state index contributed by atoms with van der Waals surface area (Å²) in [6.45, 7) is 38.9. The molecule has 0 amide bonds. The number of imidazole rings is 1. The van der Waals surface area contributed by atoms with Crippen molar-refractivity contribution in [2.45, 2.75) is 158 Å². The number of aryl methyl sites for hydroxylation is 1. The molecule has 0 aliphatic rings. The molecule has 0 aliphatic carbocycles. The fourth-order valence-electron chi connectivity index (χ4n) is 9.59. The summed E-state index contributed by atoms with van der Waals surface area (Å²) in [7, 11) is 0. The molecule has 0 N–H and O–H groups in total. The van der Waals surface area contributed by atoms with Crippen LogP contribution in [-0.2, 0) is 49.1 Å². The molecule has 0 unspecified atom stereocenters. The molecule has 0 aliphatic heterocycles. The quantitative estimate of drug-likeness (QED) is 0.107. The van der Waals surface area contributed by atoms with Gasteiger partial charge in [0.2, 0.25) is 0 Å². The molecule has 0 fully saturated rings. The number of aromatic nitrogens is 4. The summed E-state index contributed by atoms with van der Waals surface area (Å²) in [5.74, 6) is 2.86. The van der Waals surface area contributed by atoms with E-state index in [0.29, 0.717) is 23.3 Å². The molecule has 0 saturated carbocycles. The van der Waals surface area contributed by atoms with Crippen LogP contribution < -0.4 is 9.30 Å². The Morgan fingerprint density at radius 2 is 1.29 bits per heavy atom. The first-order chi connectivity index (χ1) is 31.3. The average Bonchev–Trinajstić information content (AvgIpc) is 3.83. The summed E-state index contributed by atoms with van der Waals surface area (Å²) < 4.78 is 13.7. The van der Waals surface area contributed by atoms with Crippen molar-refractivity contribution in [1.29, 1.82) is 0 Å². The minimum Gasteiger partial charge on any atom is -0.510 e. The van der Waals surface area contributed by atoms with Gasteiger partial charge in [-0.25, -0.2) is 4.98 Å². The van der Waals surface area contributed by atoms with Gasteiger partial charge in [0, 0.05) is 44.3 Å². The second-order valence-corrected chi connectivity index (χ2v) is 23.4. The minimum absolute atomic E-state index is 0. The van der Waals surface area contributed by atoms with Gasteiger partial charge in [-0.2, -0.15) is 17.7 Å². The van der Waals surface area contributed by atoms with E-state index < -0.39 is 0 Å². The maximum absolute atomic E-state index is 6.93. The normalized spacial score (nSPS) is 12.7. The monoisotopic (exact) mass is 1080 g/mol. The molecule has 5 nitrogen and oxygen atoms in total. The van der Waals surface area contributed by atoms with Gasteiger partial charge in [-0.15, -0.1) is 29.7 Å². The molecule has 8 aromatic rings. The number of rotatable bonds is 9. The Balaban J connectivity index is 0.00000684. The number of nitrogens with zero attached hydrogens (tertiary/aromatic N) is 4. The van der Waals surface area contributed by atoms with Crippen LogP contribution in [0, 0.1) is 18.5 Å². The zero-order chi connectivity index (χ0) is 48.5. The van der Waals surface area contributed by atoms with Crippen LogP contribution in [0.2, 0.25) is 0 Å². The smallest absolute Gasteiger partial charge is 0.267 e. The first kappa shape index (κ1) is 50.6. The third-order valence-electron chi connectivity index (χ3n) is 13.2. The number of fused-ring (bicyclic) bond motifs is 3. The summed E-state index contributed by atoms with van der Waals surface area (Å²) in [5.41, 5.74) is 14.8. The molecule has 5 aromatic carbocycles. The summed E-state index contributed by atoms with van der Waals surface area (Å²) in [4.78, 5) is 4.90. The summed E-state index contributed by atoms with van der Waals surface area (Å²) in [6, 6.07) is 42.9. The second-order valence-electron chi connectivity index (χ2n) is 23.4. The van der Waals surface area contributed by atoms with Gasteiger partial charge in [0.25, 0.3) is 6.33 Å². The predicted octanol–water partition coefficient (Wildman–Crippen LogP) is 16.1. The van der Waals surface area contributed by atoms with E-state index in [9.17, 15) is 0 Å². The Morgan fingerprint density at radius 1 is 0.632 bits per heavy atom. The van der Waals surface area contributed by atoms with E-state index in [1.807, 2.05) is 12.3 Å². The Kier molecular flexibility index (Phi) is 13.8.